The number of nitrogens with zero attached hydrogens (tertiary/aromatic N) is 2. The number of rotatable bonds is 6. The van der Waals surface area contributed by atoms with Gasteiger partial charge in [0, 0.05) is 19.6 Å². The summed E-state index contributed by atoms with van der Waals surface area (Å²) >= 11 is 0. The number of benzene rings is 1. The molecule has 11 heteroatoms. The van der Waals surface area contributed by atoms with Gasteiger partial charge in [0.2, 0.25) is 0 Å². The van der Waals surface area contributed by atoms with Gasteiger partial charge in [-0.1, -0.05) is 6.07 Å². The molecule has 1 saturated heterocycles. The molecule has 0 radical (unpaired) electrons. The van der Waals surface area contributed by atoms with Crippen LogP contribution in [0.15, 0.2) is 29.5 Å². The second-order valence-electron chi connectivity index (χ2n) is 9.64. The van der Waals surface area contributed by atoms with Crippen molar-refractivity contribution in [1.82, 2.24) is 4.90 Å². The van der Waals surface area contributed by atoms with Crippen molar-refractivity contribution < 1.29 is 37.7 Å². The van der Waals surface area contributed by atoms with E-state index in [2.05, 4.69) is 5.32 Å². The Balaban J connectivity index is 1.76. The number of halogens is 1. The number of likely N-dealkylation sites (tertiary alicyclic amines) is 1. The summed E-state index contributed by atoms with van der Waals surface area (Å²) < 4.78 is 35.6. The van der Waals surface area contributed by atoms with E-state index in [0.29, 0.717) is 25.3 Å². The van der Waals surface area contributed by atoms with Crippen LogP contribution in [0.2, 0.25) is 0 Å². The number of anilines is 2. The van der Waals surface area contributed by atoms with E-state index in [-0.39, 0.29) is 42.3 Å². The Hall–Kier alpha value is -3.34. The topological polar surface area (TPSA) is 107 Å². The molecule has 0 aromatic heterocycles. The van der Waals surface area contributed by atoms with Crippen LogP contribution in [0, 0.1) is 11.7 Å². The molecule has 0 atom stereocenters. The lowest BCUT2D eigenvalue weighted by atomic mass is 9.97. The van der Waals surface area contributed by atoms with Crippen molar-refractivity contribution in [2.24, 2.45) is 5.92 Å². The third kappa shape index (κ3) is 6.45. The standard InChI is InChI=1S/C25H34FN3O7/c1-25(2,3)36-24(32)28-11-9-16(10-12-28)13-27-20-18(26)7-6-8-19(20)29-15-35-14-17(22(30)33-4)21(29)23(31)34-5/h6-8,16,27H,9-15H2,1-5H3. The number of esters is 2. The van der Waals surface area contributed by atoms with Crippen LogP contribution in [0.5, 0.6) is 0 Å². The second kappa shape index (κ2) is 11.6. The Kier molecular flexibility index (Phi) is 8.78. The lowest BCUT2D eigenvalue weighted by molar-refractivity contribution is -0.140. The summed E-state index contributed by atoms with van der Waals surface area (Å²) in [6, 6.07) is 4.45. The maximum Gasteiger partial charge on any atom is 0.410 e. The van der Waals surface area contributed by atoms with Crippen LogP contribution in [0.1, 0.15) is 33.6 Å². The van der Waals surface area contributed by atoms with Crippen molar-refractivity contribution in [3.63, 3.8) is 0 Å². The third-order valence-electron chi connectivity index (χ3n) is 5.95. The van der Waals surface area contributed by atoms with Gasteiger partial charge in [0.15, 0.2) is 0 Å². The molecule has 0 unspecified atom stereocenters. The largest absolute Gasteiger partial charge is 0.466 e. The van der Waals surface area contributed by atoms with Crippen LogP contribution >= 0.6 is 0 Å². The zero-order valence-corrected chi connectivity index (χ0v) is 21.4. The van der Waals surface area contributed by atoms with Gasteiger partial charge < -0.3 is 34.1 Å². The molecule has 1 N–H and O–H groups in total. The molecule has 2 heterocycles. The van der Waals surface area contributed by atoms with Crippen molar-refractivity contribution in [1.29, 1.82) is 0 Å². The van der Waals surface area contributed by atoms with Crippen LogP contribution in [-0.4, -0.2) is 75.7 Å². The van der Waals surface area contributed by atoms with Crippen LogP contribution < -0.4 is 10.2 Å². The van der Waals surface area contributed by atoms with Gasteiger partial charge in [-0.3, -0.25) is 0 Å². The van der Waals surface area contributed by atoms with Crippen molar-refractivity contribution in [2.45, 2.75) is 39.2 Å². The van der Waals surface area contributed by atoms with E-state index < -0.39 is 23.4 Å². The molecule has 1 aromatic rings. The average molecular weight is 508 g/mol. The van der Waals surface area contributed by atoms with Crippen molar-refractivity contribution in [3.8, 4) is 0 Å². The summed E-state index contributed by atoms with van der Waals surface area (Å²) in [7, 11) is 2.40. The number of amides is 1. The zero-order valence-electron chi connectivity index (χ0n) is 21.4. The molecule has 2 aliphatic heterocycles. The average Bonchev–Trinajstić information content (AvgIpc) is 2.85. The molecule has 0 bridgehead atoms. The van der Waals surface area contributed by atoms with Crippen LogP contribution in [-0.2, 0) is 28.5 Å². The Morgan fingerprint density at radius 1 is 1.11 bits per heavy atom. The maximum absolute atomic E-state index is 15.0. The van der Waals surface area contributed by atoms with Gasteiger partial charge in [0.05, 0.1) is 37.8 Å². The maximum atomic E-state index is 15.0. The molecule has 10 nitrogen and oxygen atoms in total. The molecule has 1 aromatic carbocycles. The van der Waals surface area contributed by atoms with Gasteiger partial charge in [0.1, 0.15) is 23.8 Å². The second-order valence-corrected chi connectivity index (χ2v) is 9.64. The highest BCUT2D eigenvalue weighted by molar-refractivity contribution is 6.04. The quantitative estimate of drug-likeness (QED) is 0.459. The zero-order chi connectivity index (χ0) is 26.5. The number of methoxy groups -OCH3 is 2. The van der Waals surface area contributed by atoms with Gasteiger partial charge in [-0.15, -0.1) is 0 Å². The Bertz CT molecular complexity index is 1010. The first kappa shape index (κ1) is 27.3. The van der Waals surface area contributed by atoms with Crippen molar-refractivity contribution in [2.75, 3.05) is 57.4 Å². The Morgan fingerprint density at radius 3 is 2.39 bits per heavy atom. The normalized spacial score (nSPS) is 17.1. The fraction of sp³-hybridized carbons (Fsp3) is 0.560. The summed E-state index contributed by atoms with van der Waals surface area (Å²) in [5.74, 6) is -1.82. The Morgan fingerprint density at radius 2 is 1.78 bits per heavy atom. The SMILES string of the molecule is COC(=O)C1=C(C(=O)OC)N(c2cccc(F)c2NCC2CCN(C(=O)OC(C)(C)C)CC2)COC1. The van der Waals surface area contributed by atoms with Gasteiger partial charge >= 0.3 is 18.0 Å². The minimum absolute atomic E-state index is 0.0136. The summed E-state index contributed by atoms with van der Waals surface area (Å²) in [6.07, 6.45) is 1.12. The molecule has 1 fully saturated rings. The van der Waals surface area contributed by atoms with Gasteiger partial charge in [0.25, 0.3) is 0 Å². The number of nitrogens with one attached hydrogen (secondary N) is 1. The summed E-state index contributed by atoms with van der Waals surface area (Å²) in [4.78, 5) is 40.3. The van der Waals surface area contributed by atoms with Crippen LogP contribution in [0.4, 0.5) is 20.6 Å². The van der Waals surface area contributed by atoms with E-state index in [1.54, 1.807) is 11.0 Å². The predicted molar refractivity (Wildman–Crippen MR) is 130 cm³/mol. The molecule has 0 spiro atoms. The summed E-state index contributed by atoms with van der Waals surface area (Å²) in [5.41, 5.74) is -0.138. The molecular formula is C25H34FN3O7. The van der Waals surface area contributed by atoms with E-state index in [1.165, 1.54) is 31.3 Å². The minimum Gasteiger partial charge on any atom is -0.466 e. The molecule has 2 aliphatic rings. The highest BCUT2D eigenvalue weighted by Gasteiger charge is 2.34. The molecule has 1 amide bonds. The summed E-state index contributed by atoms with van der Waals surface area (Å²) in [6.45, 7) is 6.80. The molecule has 3 rings (SSSR count). The van der Waals surface area contributed by atoms with Crippen molar-refractivity contribution >= 4 is 29.4 Å². The van der Waals surface area contributed by atoms with E-state index in [0.717, 1.165) is 12.8 Å². The number of hydrogen-bond acceptors (Lipinski definition) is 9. The van der Waals surface area contributed by atoms with Crippen molar-refractivity contribution in [3.05, 3.63) is 35.3 Å². The molecule has 36 heavy (non-hydrogen) atoms. The first-order chi connectivity index (χ1) is 17.1. The fourth-order valence-corrected chi connectivity index (χ4v) is 4.14. The lowest BCUT2D eigenvalue weighted by Gasteiger charge is -2.34. The number of ether oxygens (including phenoxy) is 4. The minimum atomic E-state index is -0.761. The van der Waals surface area contributed by atoms with E-state index in [9.17, 15) is 18.8 Å². The smallest absolute Gasteiger partial charge is 0.410 e. The van der Waals surface area contributed by atoms with Crippen LogP contribution in [0.3, 0.4) is 0 Å². The number of carbonyl (C=O) groups is 3. The highest BCUT2D eigenvalue weighted by atomic mass is 19.1. The first-order valence-electron chi connectivity index (χ1n) is 11.8. The van der Waals surface area contributed by atoms with E-state index >= 15 is 0 Å². The third-order valence-corrected chi connectivity index (χ3v) is 5.95. The highest BCUT2D eigenvalue weighted by Crippen LogP contribution is 2.35. The van der Waals surface area contributed by atoms with Gasteiger partial charge in [-0.25, -0.2) is 18.8 Å². The van der Waals surface area contributed by atoms with Gasteiger partial charge in [-0.05, 0) is 51.7 Å². The molecule has 0 saturated carbocycles. The van der Waals surface area contributed by atoms with E-state index in [4.69, 9.17) is 18.9 Å². The monoisotopic (exact) mass is 507 g/mol. The molecule has 198 valence electrons. The fourth-order valence-electron chi connectivity index (χ4n) is 4.14. The summed E-state index contributed by atoms with van der Waals surface area (Å²) in [5, 5.41) is 3.17. The number of hydrogen-bond donors (Lipinski definition) is 1. The predicted octanol–water partition coefficient (Wildman–Crippen LogP) is 3.28. The van der Waals surface area contributed by atoms with E-state index in [1.807, 2.05) is 20.8 Å². The molecule has 0 aliphatic carbocycles. The van der Waals surface area contributed by atoms with Crippen LogP contribution in [0.25, 0.3) is 0 Å². The number of carbonyl (C=O) groups excluding carboxylic acids is 3. The number of para-hydroxylation sites is 1. The Labute approximate surface area is 210 Å². The van der Waals surface area contributed by atoms with Gasteiger partial charge in [-0.2, -0.15) is 0 Å². The first-order valence-corrected chi connectivity index (χ1v) is 11.8. The lowest BCUT2D eigenvalue weighted by Crippen LogP contribution is -2.42. The number of piperidine rings is 1. The molecular weight excluding hydrogens is 473 g/mol.